The number of hydrogen-bond donors (Lipinski definition) is 1. The summed E-state index contributed by atoms with van der Waals surface area (Å²) in [5.74, 6) is 0. The Hall–Kier alpha value is -0.770. The Labute approximate surface area is 92.0 Å². The van der Waals surface area contributed by atoms with Crippen LogP contribution in [0.15, 0.2) is 0 Å². The van der Waals surface area contributed by atoms with Gasteiger partial charge >= 0.3 is 6.09 Å². The molecule has 1 N–H and O–H groups in total. The maximum Gasteiger partial charge on any atom is 0.409 e. The molecule has 0 aromatic rings. The first kappa shape index (κ1) is 12.3. The van der Waals surface area contributed by atoms with Gasteiger partial charge in [0.05, 0.1) is 6.61 Å². The van der Waals surface area contributed by atoms with Gasteiger partial charge in [0, 0.05) is 19.1 Å². The molecule has 0 spiro atoms. The number of amides is 1. The lowest BCUT2D eigenvalue weighted by atomic mass is 10.1. The van der Waals surface area contributed by atoms with Crippen molar-refractivity contribution in [2.75, 3.05) is 26.7 Å². The normalized spacial score (nSPS) is 21.5. The molecule has 0 aromatic heterocycles. The van der Waals surface area contributed by atoms with Gasteiger partial charge in [0.1, 0.15) is 0 Å². The maximum atomic E-state index is 11.6. The molecular weight excluding hydrogens is 192 g/mol. The zero-order valence-electron chi connectivity index (χ0n) is 9.79. The first-order chi connectivity index (χ1) is 7.27. The summed E-state index contributed by atoms with van der Waals surface area (Å²) in [5.41, 5.74) is 0. The fraction of sp³-hybridized carbons (Fsp3) is 0.909. The first-order valence-electron chi connectivity index (χ1n) is 5.87. The number of carbonyl (C=O) groups excluding carboxylic acids is 1. The highest BCUT2D eigenvalue weighted by atomic mass is 16.6. The number of unbranched alkanes of at least 4 members (excludes halogenated alkanes) is 1. The summed E-state index contributed by atoms with van der Waals surface area (Å²) in [6, 6.07) is 0.428. The molecule has 4 heteroatoms. The number of ether oxygens (including phenoxy) is 1. The molecule has 0 radical (unpaired) electrons. The highest BCUT2D eigenvalue weighted by molar-refractivity contribution is 5.67. The van der Waals surface area contributed by atoms with E-state index in [-0.39, 0.29) is 6.09 Å². The van der Waals surface area contributed by atoms with Gasteiger partial charge in [0.2, 0.25) is 0 Å². The van der Waals surface area contributed by atoms with Gasteiger partial charge in [-0.05, 0) is 26.3 Å². The molecule has 1 heterocycles. The molecule has 1 amide bonds. The Bertz CT molecular complexity index is 197. The topological polar surface area (TPSA) is 41.6 Å². The van der Waals surface area contributed by atoms with Crippen molar-refractivity contribution >= 4 is 6.09 Å². The van der Waals surface area contributed by atoms with E-state index in [0.717, 1.165) is 38.8 Å². The van der Waals surface area contributed by atoms with Crippen LogP contribution in [0.5, 0.6) is 0 Å². The average Bonchev–Trinajstić information content (AvgIpc) is 2.29. The number of nitrogens with zero attached hydrogens (tertiary/aromatic N) is 1. The third-order valence-electron chi connectivity index (χ3n) is 2.81. The van der Waals surface area contributed by atoms with Crippen molar-refractivity contribution in [1.29, 1.82) is 0 Å². The molecule has 1 rings (SSSR count). The minimum absolute atomic E-state index is 0.150. The summed E-state index contributed by atoms with van der Waals surface area (Å²) >= 11 is 0. The number of hydrogen-bond acceptors (Lipinski definition) is 3. The molecule has 0 aliphatic carbocycles. The summed E-state index contributed by atoms with van der Waals surface area (Å²) in [7, 11) is 1.94. The molecule has 0 saturated carbocycles. The predicted octanol–water partition coefficient (Wildman–Crippen LogP) is 1.61. The molecule has 4 nitrogen and oxygen atoms in total. The third-order valence-corrected chi connectivity index (χ3v) is 2.81. The fourth-order valence-corrected chi connectivity index (χ4v) is 1.77. The second-order valence-electron chi connectivity index (χ2n) is 4.04. The SMILES string of the molecule is CCCCOC(=O)N1CCCC(NC)C1. The molecule has 1 aliphatic rings. The summed E-state index contributed by atoms with van der Waals surface area (Å²) in [6.07, 6.45) is 4.08. The standard InChI is InChI=1S/C11H22N2O2/c1-3-4-8-15-11(14)13-7-5-6-10(9-13)12-2/h10,12H,3-9H2,1-2H3. The molecule has 0 aromatic carbocycles. The molecule has 1 atom stereocenters. The zero-order chi connectivity index (χ0) is 11.1. The van der Waals surface area contributed by atoms with Crippen LogP contribution in [0.2, 0.25) is 0 Å². The lowest BCUT2D eigenvalue weighted by molar-refractivity contribution is 0.0884. The minimum atomic E-state index is -0.150. The molecule has 1 unspecified atom stereocenters. The summed E-state index contributed by atoms with van der Waals surface area (Å²) in [6.45, 7) is 4.26. The van der Waals surface area contributed by atoms with E-state index in [0.29, 0.717) is 12.6 Å². The van der Waals surface area contributed by atoms with E-state index in [2.05, 4.69) is 12.2 Å². The minimum Gasteiger partial charge on any atom is -0.449 e. The van der Waals surface area contributed by atoms with Crippen LogP contribution in [-0.2, 0) is 4.74 Å². The summed E-state index contributed by atoms with van der Waals surface area (Å²) in [5, 5.41) is 3.21. The zero-order valence-corrected chi connectivity index (χ0v) is 9.79. The second kappa shape index (κ2) is 6.67. The number of piperidine rings is 1. The lowest BCUT2D eigenvalue weighted by Crippen LogP contribution is -2.47. The molecule has 15 heavy (non-hydrogen) atoms. The average molecular weight is 214 g/mol. The van der Waals surface area contributed by atoms with E-state index in [1.807, 2.05) is 7.05 Å². The van der Waals surface area contributed by atoms with Gasteiger partial charge < -0.3 is 15.0 Å². The fourth-order valence-electron chi connectivity index (χ4n) is 1.77. The van der Waals surface area contributed by atoms with Crippen LogP contribution in [0.4, 0.5) is 4.79 Å². The molecule has 88 valence electrons. The Morgan fingerprint density at radius 1 is 1.60 bits per heavy atom. The van der Waals surface area contributed by atoms with Crippen LogP contribution in [-0.4, -0.2) is 43.8 Å². The van der Waals surface area contributed by atoms with Gasteiger partial charge in [-0.2, -0.15) is 0 Å². The monoisotopic (exact) mass is 214 g/mol. The van der Waals surface area contributed by atoms with E-state index in [9.17, 15) is 4.79 Å². The smallest absolute Gasteiger partial charge is 0.409 e. The lowest BCUT2D eigenvalue weighted by Gasteiger charge is -2.31. The van der Waals surface area contributed by atoms with E-state index in [4.69, 9.17) is 4.74 Å². The van der Waals surface area contributed by atoms with Crippen LogP contribution in [0.25, 0.3) is 0 Å². The van der Waals surface area contributed by atoms with Crippen molar-refractivity contribution < 1.29 is 9.53 Å². The first-order valence-corrected chi connectivity index (χ1v) is 5.87. The van der Waals surface area contributed by atoms with Crippen molar-refractivity contribution in [3.63, 3.8) is 0 Å². The number of likely N-dealkylation sites (tertiary alicyclic amines) is 1. The van der Waals surface area contributed by atoms with Gasteiger partial charge in [-0.25, -0.2) is 4.79 Å². The van der Waals surface area contributed by atoms with E-state index in [1.54, 1.807) is 4.90 Å². The number of likely N-dealkylation sites (N-methyl/N-ethyl adjacent to an activating group) is 1. The van der Waals surface area contributed by atoms with Crippen LogP contribution in [0.1, 0.15) is 32.6 Å². The van der Waals surface area contributed by atoms with E-state index in [1.165, 1.54) is 0 Å². The van der Waals surface area contributed by atoms with Gasteiger partial charge in [-0.1, -0.05) is 13.3 Å². The van der Waals surface area contributed by atoms with Crippen molar-refractivity contribution in [3.05, 3.63) is 0 Å². The maximum absolute atomic E-state index is 11.6. The van der Waals surface area contributed by atoms with Crippen molar-refractivity contribution in [3.8, 4) is 0 Å². The molecule has 1 fully saturated rings. The molecule has 1 aliphatic heterocycles. The van der Waals surface area contributed by atoms with Crippen molar-refractivity contribution in [2.24, 2.45) is 0 Å². The van der Waals surface area contributed by atoms with Crippen molar-refractivity contribution in [2.45, 2.75) is 38.6 Å². The van der Waals surface area contributed by atoms with Gasteiger partial charge in [-0.15, -0.1) is 0 Å². The number of rotatable bonds is 4. The highest BCUT2D eigenvalue weighted by Gasteiger charge is 2.23. The quantitative estimate of drug-likeness (QED) is 0.723. The Morgan fingerprint density at radius 2 is 2.40 bits per heavy atom. The summed E-state index contributed by atoms with van der Waals surface area (Å²) in [4.78, 5) is 13.4. The summed E-state index contributed by atoms with van der Waals surface area (Å²) < 4.78 is 5.17. The van der Waals surface area contributed by atoms with Crippen LogP contribution in [0, 0.1) is 0 Å². The van der Waals surface area contributed by atoms with Crippen molar-refractivity contribution in [1.82, 2.24) is 10.2 Å². The number of carbonyl (C=O) groups is 1. The van der Waals surface area contributed by atoms with Gasteiger partial charge in [-0.3, -0.25) is 0 Å². The van der Waals surface area contributed by atoms with Crippen LogP contribution < -0.4 is 5.32 Å². The van der Waals surface area contributed by atoms with Gasteiger partial charge in [0.25, 0.3) is 0 Å². The Balaban J connectivity index is 2.25. The van der Waals surface area contributed by atoms with E-state index >= 15 is 0 Å². The molecule has 0 bridgehead atoms. The van der Waals surface area contributed by atoms with Gasteiger partial charge in [0.15, 0.2) is 0 Å². The van der Waals surface area contributed by atoms with E-state index < -0.39 is 0 Å². The second-order valence-corrected chi connectivity index (χ2v) is 4.04. The third kappa shape index (κ3) is 4.08. The van der Waals surface area contributed by atoms with Crippen LogP contribution >= 0.6 is 0 Å². The van der Waals surface area contributed by atoms with Crippen LogP contribution in [0.3, 0.4) is 0 Å². The number of nitrogens with one attached hydrogen (secondary N) is 1. The molecular formula is C11H22N2O2. The highest BCUT2D eigenvalue weighted by Crippen LogP contribution is 2.10. The Morgan fingerprint density at radius 3 is 3.07 bits per heavy atom. The predicted molar refractivity (Wildman–Crippen MR) is 59.9 cm³/mol. The largest absolute Gasteiger partial charge is 0.449 e. The molecule has 1 saturated heterocycles. The Kier molecular flexibility index (Phi) is 5.47.